The summed E-state index contributed by atoms with van der Waals surface area (Å²) in [5.74, 6) is 1.49. The first-order chi connectivity index (χ1) is 10.2. The molecular formula is C14H20Cl2N4O. The van der Waals surface area contributed by atoms with Gasteiger partial charge in [0.25, 0.3) is 0 Å². The van der Waals surface area contributed by atoms with Gasteiger partial charge in [-0.1, -0.05) is 23.2 Å². The molecule has 2 saturated heterocycles. The molecule has 116 valence electrons. The fourth-order valence-corrected chi connectivity index (χ4v) is 3.60. The van der Waals surface area contributed by atoms with Crippen molar-refractivity contribution in [1.29, 1.82) is 0 Å². The number of morpholine rings is 1. The number of pyridine rings is 1. The Morgan fingerprint density at radius 3 is 2.71 bits per heavy atom. The third kappa shape index (κ3) is 3.21. The number of rotatable bonds is 3. The molecule has 0 spiro atoms. The lowest BCUT2D eigenvalue weighted by molar-refractivity contribution is 0.0209. The second kappa shape index (κ2) is 6.57. The molecule has 2 aliphatic rings. The van der Waals surface area contributed by atoms with E-state index in [0.717, 1.165) is 51.6 Å². The maximum atomic E-state index is 6.32. The summed E-state index contributed by atoms with van der Waals surface area (Å²) in [6.45, 7) is 5.63. The summed E-state index contributed by atoms with van der Waals surface area (Å²) in [4.78, 5) is 9.32. The van der Waals surface area contributed by atoms with Gasteiger partial charge in [0.05, 0.1) is 23.3 Å². The molecule has 1 aromatic rings. The van der Waals surface area contributed by atoms with Crippen LogP contribution in [0, 0.1) is 0 Å². The summed E-state index contributed by atoms with van der Waals surface area (Å²) in [6, 6.07) is 2.32. The Hall–Kier alpha value is -0.750. The van der Waals surface area contributed by atoms with E-state index in [1.807, 2.05) is 7.05 Å². The van der Waals surface area contributed by atoms with Crippen LogP contribution in [0.5, 0.6) is 0 Å². The van der Waals surface area contributed by atoms with Crippen molar-refractivity contribution in [3.05, 3.63) is 16.1 Å². The molecule has 2 aliphatic heterocycles. The molecule has 0 aromatic carbocycles. The van der Waals surface area contributed by atoms with E-state index in [9.17, 15) is 0 Å². The molecule has 0 bridgehead atoms. The highest BCUT2D eigenvalue weighted by Gasteiger charge is 2.30. The molecule has 5 nitrogen and oxygen atoms in total. The smallest absolute Gasteiger partial charge is 0.150 e. The van der Waals surface area contributed by atoms with E-state index >= 15 is 0 Å². The summed E-state index contributed by atoms with van der Waals surface area (Å²) < 4.78 is 5.42. The van der Waals surface area contributed by atoms with Crippen LogP contribution in [0.2, 0.25) is 10.0 Å². The molecule has 2 fully saturated rings. The van der Waals surface area contributed by atoms with Crippen LogP contribution in [0.25, 0.3) is 0 Å². The highest BCUT2D eigenvalue weighted by atomic mass is 35.5. The van der Waals surface area contributed by atoms with Crippen LogP contribution in [-0.2, 0) is 4.74 Å². The molecule has 1 atom stereocenters. The van der Waals surface area contributed by atoms with E-state index in [4.69, 9.17) is 27.9 Å². The molecule has 1 unspecified atom stereocenters. The molecular weight excluding hydrogens is 311 g/mol. The maximum absolute atomic E-state index is 6.32. The van der Waals surface area contributed by atoms with Gasteiger partial charge in [-0.15, -0.1) is 0 Å². The molecule has 0 saturated carbocycles. The topological polar surface area (TPSA) is 40.6 Å². The average molecular weight is 331 g/mol. The third-order valence-electron chi connectivity index (χ3n) is 4.17. The molecule has 3 rings (SSSR count). The van der Waals surface area contributed by atoms with Crippen molar-refractivity contribution < 1.29 is 4.74 Å². The molecule has 21 heavy (non-hydrogen) atoms. The van der Waals surface area contributed by atoms with Crippen molar-refractivity contribution in [2.24, 2.45) is 0 Å². The lowest BCUT2D eigenvalue weighted by Crippen LogP contribution is -2.44. The zero-order valence-corrected chi connectivity index (χ0v) is 13.6. The first-order valence-corrected chi connectivity index (χ1v) is 8.05. The van der Waals surface area contributed by atoms with Gasteiger partial charge >= 0.3 is 0 Å². The van der Waals surface area contributed by atoms with Gasteiger partial charge in [0, 0.05) is 39.3 Å². The van der Waals surface area contributed by atoms with E-state index in [2.05, 4.69) is 20.1 Å². The molecule has 0 aliphatic carbocycles. The molecule has 1 aromatic heterocycles. The summed E-state index contributed by atoms with van der Waals surface area (Å²) in [6.07, 6.45) is 1.13. The van der Waals surface area contributed by atoms with Gasteiger partial charge in [0.2, 0.25) is 0 Å². The van der Waals surface area contributed by atoms with Gasteiger partial charge in [0.1, 0.15) is 11.6 Å². The number of halogens is 2. The summed E-state index contributed by atoms with van der Waals surface area (Å²) in [7, 11) is 1.81. The van der Waals surface area contributed by atoms with Crippen molar-refractivity contribution in [3.63, 3.8) is 0 Å². The minimum absolute atomic E-state index is 0.551. The lowest BCUT2D eigenvalue weighted by atomic mass is 10.2. The Balaban J connectivity index is 1.73. The Morgan fingerprint density at radius 1 is 1.24 bits per heavy atom. The van der Waals surface area contributed by atoms with Gasteiger partial charge in [-0.2, -0.15) is 0 Å². The first-order valence-electron chi connectivity index (χ1n) is 7.29. The number of aromatic nitrogens is 1. The normalized spacial score (nSPS) is 23.6. The highest BCUT2D eigenvalue weighted by Crippen LogP contribution is 2.33. The average Bonchev–Trinajstić information content (AvgIpc) is 2.98. The molecule has 3 heterocycles. The number of anilines is 2. The van der Waals surface area contributed by atoms with Crippen LogP contribution in [0.4, 0.5) is 11.6 Å². The van der Waals surface area contributed by atoms with Crippen LogP contribution in [0.15, 0.2) is 6.07 Å². The number of nitrogens with one attached hydrogen (secondary N) is 1. The fourth-order valence-electron chi connectivity index (χ4n) is 3.03. The van der Waals surface area contributed by atoms with E-state index in [1.54, 1.807) is 6.07 Å². The summed E-state index contributed by atoms with van der Waals surface area (Å²) in [5, 5.41) is 4.17. The highest BCUT2D eigenvalue weighted by molar-refractivity contribution is 6.37. The molecule has 1 N–H and O–H groups in total. The minimum atomic E-state index is 0.551. The SMILES string of the molecule is CNc1nc(N2CCC(N3CCOCC3)C2)c(Cl)cc1Cl. The van der Waals surface area contributed by atoms with Crippen molar-refractivity contribution in [2.75, 3.05) is 56.7 Å². The Kier molecular flexibility index (Phi) is 4.74. The zero-order valence-electron chi connectivity index (χ0n) is 12.1. The van der Waals surface area contributed by atoms with Crippen molar-refractivity contribution in [1.82, 2.24) is 9.88 Å². The quantitative estimate of drug-likeness (QED) is 0.921. The molecule has 0 radical (unpaired) electrons. The molecule has 0 amide bonds. The van der Waals surface area contributed by atoms with Gasteiger partial charge in [-0.05, 0) is 12.5 Å². The maximum Gasteiger partial charge on any atom is 0.150 e. The Labute approximate surface area is 135 Å². The lowest BCUT2D eigenvalue weighted by Gasteiger charge is -2.32. The summed E-state index contributed by atoms with van der Waals surface area (Å²) in [5.41, 5.74) is 0. The standard InChI is InChI=1S/C14H20Cl2N4O/c1-17-13-11(15)8-12(16)14(18-13)20-3-2-10(9-20)19-4-6-21-7-5-19/h8,10H,2-7,9H2,1H3,(H,17,18). The monoisotopic (exact) mass is 330 g/mol. The van der Waals surface area contributed by atoms with Crippen molar-refractivity contribution in [2.45, 2.75) is 12.5 Å². The van der Waals surface area contributed by atoms with Crippen LogP contribution in [0.3, 0.4) is 0 Å². The van der Waals surface area contributed by atoms with Crippen LogP contribution in [0.1, 0.15) is 6.42 Å². The van der Waals surface area contributed by atoms with Crippen LogP contribution in [-0.4, -0.2) is 62.4 Å². The number of hydrogen-bond acceptors (Lipinski definition) is 5. The third-order valence-corrected chi connectivity index (χ3v) is 4.74. The summed E-state index contributed by atoms with van der Waals surface area (Å²) >= 11 is 12.4. The fraction of sp³-hybridized carbons (Fsp3) is 0.643. The number of ether oxygens (including phenoxy) is 1. The minimum Gasteiger partial charge on any atom is -0.379 e. The second-order valence-corrected chi connectivity index (χ2v) is 6.23. The number of nitrogens with zero attached hydrogens (tertiary/aromatic N) is 3. The molecule has 7 heteroatoms. The van der Waals surface area contributed by atoms with Gasteiger partial charge < -0.3 is 15.0 Å². The largest absolute Gasteiger partial charge is 0.379 e. The first kappa shape index (κ1) is 15.2. The van der Waals surface area contributed by atoms with E-state index < -0.39 is 0 Å². The van der Waals surface area contributed by atoms with Gasteiger partial charge in [-0.25, -0.2) is 4.98 Å². The van der Waals surface area contributed by atoms with E-state index in [1.165, 1.54) is 0 Å². The van der Waals surface area contributed by atoms with Gasteiger partial charge in [0.15, 0.2) is 0 Å². The Bertz CT molecular complexity index is 508. The van der Waals surface area contributed by atoms with Crippen molar-refractivity contribution >= 4 is 34.8 Å². The Morgan fingerprint density at radius 2 is 2.00 bits per heavy atom. The predicted molar refractivity (Wildman–Crippen MR) is 86.8 cm³/mol. The van der Waals surface area contributed by atoms with Crippen molar-refractivity contribution in [3.8, 4) is 0 Å². The number of hydrogen-bond donors (Lipinski definition) is 1. The van der Waals surface area contributed by atoms with Crippen LogP contribution < -0.4 is 10.2 Å². The predicted octanol–water partition coefficient (Wildman–Crippen LogP) is 2.34. The van der Waals surface area contributed by atoms with Crippen LogP contribution >= 0.6 is 23.2 Å². The van der Waals surface area contributed by atoms with Gasteiger partial charge in [-0.3, -0.25) is 4.90 Å². The van der Waals surface area contributed by atoms with E-state index in [-0.39, 0.29) is 0 Å². The van der Waals surface area contributed by atoms with E-state index in [0.29, 0.717) is 21.9 Å². The zero-order chi connectivity index (χ0) is 14.8. The second-order valence-electron chi connectivity index (χ2n) is 5.41.